The van der Waals surface area contributed by atoms with E-state index in [1.165, 1.54) is 28.9 Å². The first kappa shape index (κ1) is 19.4. The SMILES string of the molecule is Cc1cc(F)c(F)cc1CC1CCN(C(O)Nc2ccc(=O)n(C)n2)CC1. The molecule has 0 bridgehead atoms. The highest BCUT2D eigenvalue weighted by Crippen LogP contribution is 2.25. The van der Waals surface area contributed by atoms with Crippen LogP contribution in [0.4, 0.5) is 14.6 Å². The molecule has 1 aliphatic rings. The number of aliphatic hydroxyl groups excluding tert-OH is 1. The van der Waals surface area contributed by atoms with Crippen LogP contribution in [0.1, 0.15) is 24.0 Å². The summed E-state index contributed by atoms with van der Waals surface area (Å²) in [5.74, 6) is -0.846. The van der Waals surface area contributed by atoms with Crippen molar-refractivity contribution in [3.05, 3.63) is 57.4 Å². The van der Waals surface area contributed by atoms with Crippen LogP contribution in [0.25, 0.3) is 0 Å². The third kappa shape index (κ3) is 4.70. The molecule has 1 aliphatic heterocycles. The Hall–Kier alpha value is -2.32. The zero-order valence-corrected chi connectivity index (χ0v) is 15.5. The van der Waals surface area contributed by atoms with Crippen molar-refractivity contribution in [2.24, 2.45) is 13.0 Å². The molecule has 2 heterocycles. The van der Waals surface area contributed by atoms with Crippen molar-refractivity contribution in [3.63, 3.8) is 0 Å². The number of halogens is 2. The number of rotatable bonds is 5. The van der Waals surface area contributed by atoms with Crippen LogP contribution < -0.4 is 10.9 Å². The first-order valence-electron chi connectivity index (χ1n) is 9.01. The summed E-state index contributed by atoms with van der Waals surface area (Å²) in [6, 6.07) is 5.45. The maximum Gasteiger partial charge on any atom is 0.266 e. The van der Waals surface area contributed by atoms with Crippen molar-refractivity contribution in [2.45, 2.75) is 32.5 Å². The molecular weight excluding hydrogens is 354 g/mol. The number of likely N-dealkylation sites (tertiary alicyclic amines) is 1. The van der Waals surface area contributed by atoms with Gasteiger partial charge < -0.3 is 10.4 Å². The van der Waals surface area contributed by atoms with Crippen LogP contribution in [-0.4, -0.2) is 39.2 Å². The number of hydrogen-bond donors (Lipinski definition) is 2. The first-order valence-corrected chi connectivity index (χ1v) is 9.01. The second-order valence-corrected chi connectivity index (χ2v) is 7.07. The fourth-order valence-corrected chi connectivity index (χ4v) is 3.42. The first-order chi connectivity index (χ1) is 12.8. The lowest BCUT2D eigenvalue weighted by atomic mass is 9.88. The highest BCUT2D eigenvalue weighted by molar-refractivity contribution is 5.32. The Morgan fingerprint density at radius 3 is 2.59 bits per heavy atom. The Kier molecular flexibility index (Phi) is 5.86. The minimum atomic E-state index is -0.902. The van der Waals surface area contributed by atoms with Crippen molar-refractivity contribution in [2.75, 3.05) is 18.4 Å². The van der Waals surface area contributed by atoms with Crippen LogP contribution in [0, 0.1) is 24.5 Å². The maximum absolute atomic E-state index is 13.5. The van der Waals surface area contributed by atoms with E-state index < -0.39 is 18.0 Å². The predicted molar refractivity (Wildman–Crippen MR) is 98.2 cm³/mol. The minimum Gasteiger partial charge on any atom is -0.361 e. The molecule has 0 radical (unpaired) electrons. The fourth-order valence-electron chi connectivity index (χ4n) is 3.42. The van der Waals surface area contributed by atoms with Crippen LogP contribution in [0.3, 0.4) is 0 Å². The monoisotopic (exact) mass is 378 g/mol. The van der Waals surface area contributed by atoms with E-state index in [1.807, 2.05) is 4.90 Å². The van der Waals surface area contributed by atoms with E-state index in [4.69, 9.17) is 0 Å². The minimum absolute atomic E-state index is 0.219. The zero-order chi connectivity index (χ0) is 19.6. The molecule has 6 nitrogen and oxygen atoms in total. The Morgan fingerprint density at radius 1 is 1.26 bits per heavy atom. The molecule has 146 valence electrons. The maximum atomic E-state index is 13.5. The van der Waals surface area contributed by atoms with E-state index in [9.17, 15) is 18.7 Å². The summed E-state index contributed by atoms with van der Waals surface area (Å²) < 4.78 is 28.0. The van der Waals surface area contributed by atoms with E-state index in [0.717, 1.165) is 24.0 Å². The number of aromatic nitrogens is 2. The summed E-state index contributed by atoms with van der Waals surface area (Å²) in [6.45, 7) is 3.14. The van der Waals surface area contributed by atoms with Gasteiger partial charge in [-0.05, 0) is 61.4 Å². The molecule has 0 saturated carbocycles. The van der Waals surface area contributed by atoms with Crippen molar-refractivity contribution in [1.29, 1.82) is 0 Å². The van der Waals surface area contributed by atoms with Crippen molar-refractivity contribution in [3.8, 4) is 0 Å². The van der Waals surface area contributed by atoms with Crippen molar-refractivity contribution < 1.29 is 13.9 Å². The molecule has 1 aromatic heterocycles. The van der Waals surface area contributed by atoms with E-state index in [0.29, 0.717) is 31.2 Å². The van der Waals surface area contributed by atoms with Gasteiger partial charge in [-0.1, -0.05) is 0 Å². The summed E-state index contributed by atoms with van der Waals surface area (Å²) in [5.41, 5.74) is 1.38. The summed E-state index contributed by atoms with van der Waals surface area (Å²) in [5, 5.41) is 17.3. The smallest absolute Gasteiger partial charge is 0.266 e. The van der Waals surface area contributed by atoms with E-state index in [2.05, 4.69) is 10.4 Å². The van der Waals surface area contributed by atoms with Gasteiger partial charge in [-0.25, -0.2) is 13.5 Å². The molecule has 2 N–H and O–H groups in total. The molecule has 1 atom stereocenters. The number of aliphatic hydroxyl groups is 1. The molecule has 0 amide bonds. The van der Waals surface area contributed by atoms with Crippen LogP contribution in [-0.2, 0) is 13.5 Å². The number of nitrogens with one attached hydrogen (secondary N) is 1. The van der Waals surface area contributed by atoms with Crippen LogP contribution in [0.5, 0.6) is 0 Å². The van der Waals surface area contributed by atoms with E-state index in [1.54, 1.807) is 14.0 Å². The molecule has 0 spiro atoms. The lowest BCUT2D eigenvalue weighted by molar-refractivity contribution is 0.00301. The largest absolute Gasteiger partial charge is 0.361 e. The lowest BCUT2D eigenvalue weighted by Crippen LogP contribution is -2.46. The van der Waals surface area contributed by atoms with Crippen LogP contribution in [0.15, 0.2) is 29.1 Å². The van der Waals surface area contributed by atoms with Gasteiger partial charge in [-0.2, -0.15) is 5.10 Å². The van der Waals surface area contributed by atoms with Gasteiger partial charge in [-0.15, -0.1) is 0 Å². The number of benzene rings is 1. The standard InChI is InChI=1S/C19H24F2N4O2/c1-12-9-15(20)16(21)11-14(12)10-13-5-7-25(8-6-13)19(27)22-17-3-4-18(26)24(2)23-17/h3-4,9,11,13,19,27H,5-8,10H2,1-2H3,(H,22,23). The molecule has 27 heavy (non-hydrogen) atoms. The molecule has 1 saturated heterocycles. The predicted octanol–water partition coefficient (Wildman–Crippen LogP) is 2.01. The summed E-state index contributed by atoms with van der Waals surface area (Å²) in [6.07, 6.45) is 1.49. The van der Waals surface area contributed by atoms with Gasteiger partial charge in [0.15, 0.2) is 18.0 Å². The molecule has 1 unspecified atom stereocenters. The van der Waals surface area contributed by atoms with Crippen molar-refractivity contribution in [1.82, 2.24) is 14.7 Å². The number of nitrogens with zero attached hydrogens (tertiary/aromatic N) is 3. The van der Waals surface area contributed by atoms with Gasteiger partial charge in [0.2, 0.25) is 0 Å². The van der Waals surface area contributed by atoms with Crippen molar-refractivity contribution >= 4 is 5.82 Å². The second-order valence-electron chi connectivity index (χ2n) is 7.07. The van der Waals surface area contributed by atoms with E-state index >= 15 is 0 Å². The normalized spacial score (nSPS) is 17.1. The van der Waals surface area contributed by atoms with Crippen LogP contribution >= 0.6 is 0 Å². The third-order valence-corrected chi connectivity index (χ3v) is 5.12. The van der Waals surface area contributed by atoms with Gasteiger partial charge >= 0.3 is 0 Å². The van der Waals surface area contributed by atoms with E-state index in [-0.39, 0.29) is 5.56 Å². The third-order valence-electron chi connectivity index (χ3n) is 5.12. The highest BCUT2D eigenvalue weighted by Gasteiger charge is 2.25. The lowest BCUT2D eigenvalue weighted by Gasteiger charge is -2.35. The summed E-state index contributed by atoms with van der Waals surface area (Å²) >= 11 is 0. The second kappa shape index (κ2) is 8.14. The number of piperidine rings is 1. The molecule has 3 rings (SSSR count). The van der Waals surface area contributed by atoms with Gasteiger partial charge in [0, 0.05) is 26.2 Å². The fraction of sp³-hybridized carbons (Fsp3) is 0.474. The average Bonchev–Trinajstić information content (AvgIpc) is 2.63. The molecule has 1 fully saturated rings. The molecular formula is C19H24F2N4O2. The number of anilines is 1. The summed E-state index contributed by atoms with van der Waals surface area (Å²) in [7, 11) is 1.55. The Labute approximate surface area is 156 Å². The number of hydrogen-bond acceptors (Lipinski definition) is 5. The van der Waals surface area contributed by atoms with Gasteiger partial charge in [0.1, 0.15) is 5.82 Å². The Bertz CT molecular complexity index is 863. The van der Waals surface area contributed by atoms with Gasteiger partial charge in [0.05, 0.1) is 0 Å². The Balaban J connectivity index is 1.54. The van der Waals surface area contributed by atoms with Gasteiger partial charge in [-0.3, -0.25) is 9.69 Å². The quantitative estimate of drug-likeness (QED) is 0.779. The topological polar surface area (TPSA) is 70.4 Å². The zero-order valence-electron chi connectivity index (χ0n) is 15.5. The van der Waals surface area contributed by atoms with Crippen LogP contribution in [0.2, 0.25) is 0 Å². The molecule has 0 aliphatic carbocycles. The molecule has 1 aromatic carbocycles. The highest BCUT2D eigenvalue weighted by atomic mass is 19.2. The summed E-state index contributed by atoms with van der Waals surface area (Å²) in [4.78, 5) is 13.3. The Morgan fingerprint density at radius 2 is 1.93 bits per heavy atom. The molecule has 2 aromatic rings. The molecule has 8 heteroatoms. The average molecular weight is 378 g/mol. The van der Waals surface area contributed by atoms with Gasteiger partial charge in [0.25, 0.3) is 5.56 Å². The number of aryl methyl sites for hydroxylation is 2.